The Morgan fingerprint density at radius 2 is 1.83 bits per heavy atom. The molecule has 0 bridgehead atoms. The van der Waals surface area contributed by atoms with Crippen LogP contribution in [0.25, 0.3) is 0 Å². The van der Waals surface area contributed by atoms with Crippen molar-refractivity contribution in [3.8, 4) is 0 Å². The van der Waals surface area contributed by atoms with Gasteiger partial charge in [-0.1, -0.05) is 36.4 Å². The van der Waals surface area contributed by atoms with Gasteiger partial charge >= 0.3 is 0 Å². The summed E-state index contributed by atoms with van der Waals surface area (Å²) in [6, 6.07) is 16.6. The standard InChI is InChI=1S/C24H35N5O/c1-20-9-8-12-23(30)29(20)16-7-6-15-26-24(25-2)27-22-13-17-28(18-14-22)19-21-10-4-3-5-11-21/h3-5,8-12,22H,6-7,13-19H2,1-2H3,(H2,25,26,27). The van der Waals surface area contributed by atoms with E-state index in [-0.39, 0.29) is 5.56 Å². The number of guanidine groups is 1. The van der Waals surface area contributed by atoms with E-state index >= 15 is 0 Å². The third-order valence-electron chi connectivity index (χ3n) is 5.77. The van der Waals surface area contributed by atoms with E-state index in [2.05, 4.69) is 50.9 Å². The molecular formula is C24H35N5O. The lowest BCUT2D eigenvalue weighted by atomic mass is 10.0. The molecule has 0 unspecified atom stereocenters. The van der Waals surface area contributed by atoms with E-state index in [1.807, 2.05) is 30.7 Å². The van der Waals surface area contributed by atoms with Gasteiger partial charge in [0.05, 0.1) is 0 Å². The fourth-order valence-electron chi connectivity index (χ4n) is 3.98. The number of hydrogen-bond donors (Lipinski definition) is 2. The summed E-state index contributed by atoms with van der Waals surface area (Å²) in [5, 5.41) is 7.00. The highest BCUT2D eigenvalue weighted by Gasteiger charge is 2.19. The predicted octanol–water partition coefficient (Wildman–Crippen LogP) is 2.77. The molecule has 1 aliphatic heterocycles. The van der Waals surface area contributed by atoms with Crippen molar-refractivity contribution in [1.82, 2.24) is 20.1 Å². The van der Waals surface area contributed by atoms with Crippen molar-refractivity contribution in [3.05, 3.63) is 70.1 Å². The zero-order valence-electron chi connectivity index (χ0n) is 18.3. The average Bonchev–Trinajstić information content (AvgIpc) is 2.76. The van der Waals surface area contributed by atoms with Crippen LogP contribution in [0, 0.1) is 6.92 Å². The van der Waals surface area contributed by atoms with Crippen molar-refractivity contribution in [3.63, 3.8) is 0 Å². The van der Waals surface area contributed by atoms with Crippen LogP contribution in [0.5, 0.6) is 0 Å². The lowest BCUT2D eigenvalue weighted by Gasteiger charge is -2.33. The van der Waals surface area contributed by atoms with E-state index < -0.39 is 0 Å². The summed E-state index contributed by atoms with van der Waals surface area (Å²) in [6.45, 7) is 6.84. The SMILES string of the molecule is CN=C(NCCCCn1c(C)cccc1=O)NC1CCN(Cc2ccccc2)CC1. The first kappa shape index (κ1) is 22.1. The van der Waals surface area contributed by atoms with Crippen molar-refractivity contribution in [1.29, 1.82) is 0 Å². The van der Waals surface area contributed by atoms with E-state index in [0.717, 1.165) is 70.1 Å². The molecule has 0 spiro atoms. The smallest absolute Gasteiger partial charge is 0.250 e. The second-order valence-electron chi connectivity index (χ2n) is 8.04. The molecular weight excluding hydrogens is 374 g/mol. The largest absolute Gasteiger partial charge is 0.356 e. The molecule has 162 valence electrons. The lowest BCUT2D eigenvalue weighted by Crippen LogP contribution is -2.48. The van der Waals surface area contributed by atoms with Gasteiger partial charge in [-0.3, -0.25) is 14.7 Å². The number of aromatic nitrogens is 1. The van der Waals surface area contributed by atoms with Crippen LogP contribution in [0.15, 0.2) is 58.3 Å². The third-order valence-corrected chi connectivity index (χ3v) is 5.77. The number of pyridine rings is 1. The van der Waals surface area contributed by atoms with E-state index in [9.17, 15) is 4.79 Å². The summed E-state index contributed by atoms with van der Waals surface area (Å²) in [5.41, 5.74) is 2.49. The molecule has 1 aliphatic rings. The van der Waals surface area contributed by atoms with Gasteiger partial charge in [0, 0.05) is 57.6 Å². The number of piperidine rings is 1. The summed E-state index contributed by atoms with van der Waals surface area (Å²) in [6.07, 6.45) is 4.22. The quantitative estimate of drug-likeness (QED) is 0.400. The molecule has 1 aromatic heterocycles. The molecule has 1 fully saturated rings. The van der Waals surface area contributed by atoms with Gasteiger partial charge in [0.25, 0.3) is 5.56 Å². The van der Waals surface area contributed by atoms with Gasteiger partial charge in [0.15, 0.2) is 5.96 Å². The maximum Gasteiger partial charge on any atom is 0.250 e. The zero-order valence-corrected chi connectivity index (χ0v) is 18.3. The van der Waals surface area contributed by atoms with E-state index in [1.165, 1.54) is 5.56 Å². The molecule has 1 saturated heterocycles. The Morgan fingerprint density at radius 1 is 1.07 bits per heavy atom. The van der Waals surface area contributed by atoms with E-state index in [1.54, 1.807) is 6.07 Å². The first-order valence-corrected chi connectivity index (χ1v) is 11.1. The Labute approximate surface area is 180 Å². The minimum Gasteiger partial charge on any atom is -0.356 e. The number of nitrogens with zero attached hydrogens (tertiary/aromatic N) is 3. The monoisotopic (exact) mass is 409 g/mol. The van der Waals surface area contributed by atoms with Crippen LogP contribution in [-0.2, 0) is 13.1 Å². The molecule has 0 atom stereocenters. The topological polar surface area (TPSA) is 61.7 Å². The molecule has 0 saturated carbocycles. The summed E-state index contributed by atoms with van der Waals surface area (Å²) in [5.74, 6) is 0.879. The highest BCUT2D eigenvalue weighted by atomic mass is 16.1. The summed E-state index contributed by atoms with van der Waals surface area (Å²) in [4.78, 5) is 18.8. The molecule has 1 aromatic carbocycles. The number of unbranched alkanes of at least 4 members (excludes halogenated alkanes) is 1. The second-order valence-corrected chi connectivity index (χ2v) is 8.04. The van der Waals surface area contributed by atoms with Gasteiger partial charge in [-0.05, 0) is 44.2 Å². The minimum absolute atomic E-state index is 0.0824. The van der Waals surface area contributed by atoms with Crippen LogP contribution >= 0.6 is 0 Å². The molecule has 2 aromatic rings. The summed E-state index contributed by atoms with van der Waals surface area (Å²) >= 11 is 0. The minimum atomic E-state index is 0.0824. The van der Waals surface area contributed by atoms with Crippen LogP contribution in [-0.4, -0.2) is 48.2 Å². The van der Waals surface area contributed by atoms with Gasteiger partial charge in [0.2, 0.25) is 0 Å². The fourth-order valence-corrected chi connectivity index (χ4v) is 3.98. The van der Waals surface area contributed by atoms with Crippen molar-refractivity contribution in [2.75, 3.05) is 26.7 Å². The highest BCUT2D eigenvalue weighted by molar-refractivity contribution is 5.79. The van der Waals surface area contributed by atoms with Crippen LogP contribution in [0.2, 0.25) is 0 Å². The summed E-state index contributed by atoms with van der Waals surface area (Å²) in [7, 11) is 1.83. The maximum absolute atomic E-state index is 11.9. The van der Waals surface area contributed by atoms with Crippen LogP contribution in [0.3, 0.4) is 0 Å². The van der Waals surface area contributed by atoms with Crippen molar-refractivity contribution >= 4 is 5.96 Å². The molecule has 6 nitrogen and oxygen atoms in total. The van der Waals surface area contributed by atoms with Gasteiger partial charge in [0.1, 0.15) is 0 Å². The van der Waals surface area contributed by atoms with Crippen LogP contribution < -0.4 is 16.2 Å². The first-order valence-electron chi connectivity index (χ1n) is 11.1. The van der Waals surface area contributed by atoms with Gasteiger partial charge in [-0.15, -0.1) is 0 Å². The molecule has 6 heteroatoms. The van der Waals surface area contributed by atoms with Gasteiger partial charge in [-0.25, -0.2) is 0 Å². The van der Waals surface area contributed by atoms with Gasteiger partial charge < -0.3 is 15.2 Å². The number of aliphatic imine (C=N–C) groups is 1. The normalized spacial score (nSPS) is 15.9. The number of benzene rings is 1. The third kappa shape index (κ3) is 6.73. The molecule has 3 rings (SSSR count). The van der Waals surface area contributed by atoms with Crippen LogP contribution in [0.1, 0.15) is 36.9 Å². The molecule has 2 N–H and O–H groups in total. The van der Waals surface area contributed by atoms with Crippen molar-refractivity contribution in [2.24, 2.45) is 4.99 Å². The Morgan fingerprint density at radius 3 is 2.53 bits per heavy atom. The molecule has 30 heavy (non-hydrogen) atoms. The number of likely N-dealkylation sites (tertiary alicyclic amines) is 1. The number of rotatable bonds is 8. The van der Waals surface area contributed by atoms with Gasteiger partial charge in [-0.2, -0.15) is 0 Å². The summed E-state index contributed by atoms with van der Waals surface area (Å²) < 4.78 is 1.84. The van der Waals surface area contributed by atoms with Crippen LogP contribution in [0.4, 0.5) is 0 Å². The molecule has 2 heterocycles. The van der Waals surface area contributed by atoms with Crippen molar-refractivity contribution < 1.29 is 0 Å². The number of aryl methyl sites for hydroxylation is 1. The lowest BCUT2D eigenvalue weighted by molar-refractivity contribution is 0.198. The number of hydrogen-bond acceptors (Lipinski definition) is 3. The highest BCUT2D eigenvalue weighted by Crippen LogP contribution is 2.13. The Hall–Kier alpha value is -2.60. The predicted molar refractivity (Wildman–Crippen MR) is 124 cm³/mol. The fraction of sp³-hybridized carbons (Fsp3) is 0.500. The Bertz CT molecular complexity index is 853. The maximum atomic E-state index is 11.9. The van der Waals surface area contributed by atoms with E-state index in [0.29, 0.717) is 6.04 Å². The van der Waals surface area contributed by atoms with Crippen molar-refractivity contribution in [2.45, 2.75) is 51.7 Å². The Kier molecular flexibility index (Phi) is 8.51. The molecule has 0 amide bonds. The number of nitrogens with one attached hydrogen (secondary N) is 2. The first-order chi connectivity index (χ1) is 14.7. The van der Waals surface area contributed by atoms with E-state index in [4.69, 9.17) is 0 Å². The average molecular weight is 410 g/mol. The molecule has 0 radical (unpaired) electrons. The molecule has 0 aliphatic carbocycles. The zero-order chi connectivity index (χ0) is 21.2. The Balaban J connectivity index is 1.33. The second kappa shape index (κ2) is 11.6.